The Morgan fingerprint density at radius 2 is 2.16 bits per heavy atom. The summed E-state index contributed by atoms with van der Waals surface area (Å²) in [5.41, 5.74) is 7.20. The fraction of sp³-hybridized carbons (Fsp3) is 0.333. The van der Waals surface area contributed by atoms with E-state index in [1.807, 2.05) is 35.2 Å². The van der Waals surface area contributed by atoms with E-state index in [1.54, 1.807) is 6.20 Å². The Kier molecular flexibility index (Phi) is 3.17. The van der Waals surface area contributed by atoms with Gasteiger partial charge in [0.15, 0.2) is 0 Å². The Morgan fingerprint density at radius 1 is 1.32 bits per heavy atom. The highest BCUT2D eigenvalue weighted by Crippen LogP contribution is 2.29. The predicted octanol–water partition coefficient (Wildman–Crippen LogP) is 1.80. The minimum Gasteiger partial charge on any atom is -0.334 e. The second-order valence-electron chi connectivity index (χ2n) is 4.89. The van der Waals surface area contributed by atoms with Crippen molar-refractivity contribution in [3.63, 3.8) is 0 Å². The van der Waals surface area contributed by atoms with Crippen molar-refractivity contribution in [1.29, 1.82) is 0 Å². The van der Waals surface area contributed by atoms with Gasteiger partial charge in [0.2, 0.25) is 0 Å². The topological polar surface area (TPSA) is 59.2 Å². The van der Waals surface area contributed by atoms with Crippen molar-refractivity contribution in [2.24, 2.45) is 5.73 Å². The van der Waals surface area contributed by atoms with Gasteiger partial charge in [0.25, 0.3) is 5.91 Å². The normalized spacial score (nSPS) is 14.6. The summed E-state index contributed by atoms with van der Waals surface area (Å²) in [6, 6.07) is 9.88. The van der Waals surface area contributed by atoms with Crippen molar-refractivity contribution < 1.29 is 4.79 Å². The van der Waals surface area contributed by atoms with Crippen LogP contribution in [-0.4, -0.2) is 34.9 Å². The van der Waals surface area contributed by atoms with E-state index in [4.69, 9.17) is 5.73 Å². The summed E-state index contributed by atoms with van der Waals surface area (Å²) in [5, 5.41) is 0.915. The molecule has 0 bridgehead atoms. The number of carbonyl (C=O) groups is 1. The summed E-state index contributed by atoms with van der Waals surface area (Å²) in [7, 11) is 0. The van der Waals surface area contributed by atoms with Crippen LogP contribution in [-0.2, 0) is 0 Å². The molecule has 1 aliphatic carbocycles. The monoisotopic (exact) mass is 255 g/mol. The number of fused-ring (bicyclic) bond motifs is 1. The molecule has 1 amide bonds. The molecule has 1 heterocycles. The number of carbonyl (C=O) groups excluding carboxylic acids is 1. The highest BCUT2D eigenvalue weighted by molar-refractivity contribution is 6.06. The van der Waals surface area contributed by atoms with E-state index in [-0.39, 0.29) is 5.91 Å². The van der Waals surface area contributed by atoms with Crippen LogP contribution in [0.5, 0.6) is 0 Å². The molecule has 1 saturated carbocycles. The molecule has 1 aromatic heterocycles. The van der Waals surface area contributed by atoms with E-state index in [0.29, 0.717) is 19.1 Å². The standard InChI is InChI=1S/C15H17N3O/c16-8-10-18(11-6-7-11)15(19)13-3-1-5-14-12(13)4-2-9-17-14/h1-5,9,11H,6-8,10,16H2. The van der Waals surface area contributed by atoms with Gasteiger partial charge in [-0.15, -0.1) is 0 Å². The number of nitrogens with zero attached hydrogens (tertiary/aromatic N) is 2. The molecular weight excluding hydrogens is 238 g/mol. The maximum Gasteiger partial charge on any atom is 0.254 e. The van der Waals surface area contributed by atoms with Crippen LogP contribution in [0.3, 0.4) is 0 Å². The molecule has 2 aromatic rings. The lowest BCUT2D eigenvalue weighted by molar-refractivity contribution is 0.0750. The van der Waals surface area contributed by atoms with Gasteiger partial charge in [-0.25, -0.2) is 0 Å². The summed E-state index contributed by atoms with van der Waals surface area (Å²) in [6.45, 7) is 1.13. The molecule has 19 heavy (non-hydrogen) atoms. The molecule has 3 rings (SSSR count). The predicted molar refractivity (Wildman–Crippen MR) is 74.9 cm³/mol. The van der Waals surface area contributed by atoms with Crippen LogP contribution in [0, 0.1) is 0 Å². The van der Waals surface area contributed by atoms with Gasteiger partial charge in [-0.3, -0.25) is 9.78 Å². The number of rotatable bonds is 4. The van der Waals surface area contributed by atoms with Gasteiger partial charge < -0.3 is 10.6 Å². The van der Waals surface area contributed by atoms with Crippen LogP contribution >= 0.6 is 0 Å². The second-order valence-corrected chi connectivity index (χ2v) is 4.89. The minimum absolute atomic E-state index is 0.0755. The van der Waals surface area contributed by atoms with Crippen molar-refractivity contribution in [2.45, 2.75) is 18.9 Å². The quantitative estimate of drug-likeness (QED) is 0.906. The third-order valence-corrected chi connectivity index (χ3v) is 3.49. The van der Waals surface area contributed by atoms with Gasteiger partial charge in [-0.2, -0.15) is 0 Å². The van der Waals surface area contributed by atoms with Gasteiger partial charge in [-0.05, 0) is 31.0 Å². The Hall–Kier alpha value is -1.94. The number of nitrogens with two attached hydrogens (primary N) is 1. The van der Waals surface area contributed by atoms with E-state index >= 15 is 0 Å². The average Bonchev–Trinajstić information content (AvgIpc) is 3.28. The first-order valence-electron chi connectivity index (χ1n) is 6.66. The fourth-order valence-corrected chi connectivity index (χ4v) is 2.42. The summed E-state index contributed by atoms with van der Waals surface area (Å²) in [5.74, 6) is 0.0755. The van der Waals surface area contributed by atoms with Crippen molar-refractivity contribution in [1.82, 2.24) is 9.88 Å². The van der Waals surface area contributed by atoms with Crippen LogP contribution in [0.15, 0.2) is 36.5 Å². The molecule has 0 unspecified atom stereocenters. The zero-order chi connectivity index (χ0) is 13.2. The number of hydrogen-bond acceptors (Lipinski definition) is 3. The smallest absolute Gasteiger partial charge is 0.254 e. The molecule has 1 fully saturated rings. The third-order valence-electron chi connectivity index (χ3n) is 3.49. The second kappa shape index (κ2) is 4.97. The number of hydrogen-bond donors (Lipinski definition) is 1. The molecule has 4 heteroatoms. The van der Waals surface area contributed by atoms with Crippen LogP contribution in [0.25, 0.3) is 10.9 Å². The number of pyridine rings is 1. The van der Waals surface area contributed by atoms with Gasteiger partial charge in [0.05, 0.1) is 5.52 Å². The number of amides is 1. The van der Waals surface area contributed by atoms with Crippen LogP contribution in [0.4, 0.5) is 0 Å². The van der Waals surface area contributed by atoms with Crippen molar-refractivity contribution >= 4 is 16.8 Å². The summed E-state index contributed by atoms with van der Waals surface area (Å²) in [4.78, 5) is 18.9. The molecular formula is C15H17N3O. The summed E-state index contributed by atoms with van der Waals surface area (Å²) in [6.07, 6.45) is 3.93. The average molecular weight is 255 g/mol. The first kappa shape index (κ1) is 12.1. The molecule has 2 N–H and O–H groups in total. The molecule has 0 aliphatic heterocycles. The number of benzene rings is 1. The molecule has 1 aromatic carbocycles. The van der Waals surface area contributed by atoms with Crippen molar-refractivity contribution in [3.05, 3.63) is 42.1 Å². The van der Waals surface area contributed by atoms with Crippen LogP contribution in [0.1, 0.15) is 23.2 Å². The summed E-state index contributed by atoms with van der Waals surface area (Å²) >= 11 is 0. The molecule has 0 atom stereocenters. The van der Waals surface area contributed by atoms with Crippen molar-refractivity contribution in [3.8, 4) is 0 Å². The molecule has 0 spiro atoms. The zero-order valence-corrected chi connectivity index (χ0v) is 10.7. The molecule has 1 aliphatic rings. The van der Waals surface area contributed by atoms with Gasteiger partial charge in [0.1, 0.15) is 0 Å². The maximum absolute atomic E-state index is 12.7. The first-order chi connectivity index (χ1) is 9.31. The lowest BCUT2D eigenvalue weighted by Crippen LogP contribution is -2.37. The molecule has 0 radical (unpaired) electrons. The number of aromatic nitrogens is 1. The third kappa shape index (κ3) is 2.31. The van der Waals surface area contributed by atoms with Crippen LogP contribution < -0.4 is 5.73 Å². The fourth-order valence-electron chi connectivity index (χ4n) is 2.42. The summed E-state index contributed by atoms with van der Waals surface area (Å²) < 4.78 is 0. The molecule has 98 valence electrons. The van der Waals surface area contributed by atoms with Crippen molar-refractivity contribution in [2.75, 3.05) is 13.1 Å². The molecule has 0 saturated heterocycles. The van der Waals surface area contributed by atoms with E-state index in [2.05, 4.69) is 4.98 Å². The van der Waals surface area contributed by atoms with E-state index in [9.17, 15) is 4.79 Å². The van der Waals surface area contributed by atoms with Gasteiger partial charge in [-0.1, -0.05) is 12.1 Å². The Labute approximate surface area is 112 Å². The van der Waals surface area contributed by atoms with Gasteiger partial charge in [0, 0.05) is 36.3 Å². The molecule has 4 nitrogen and oxygen atoms in total. The minimum atomic E-state index is 0.0755. The van der Waals surface area contributed by atoms with Crippen LogP contribution in [0.2, 0.25) is 0 Å². The lowest BCUT2D eigenvalue weighted by Gasteiger charge is -2.22. The van der Waals surface area contributed by atoms with E-state index in [0.717, 1.165) is 29.3 Å². The Morgan fingerprint density at radius 3 is 2.89 bits per heavy atom. The SMILES string of the molecule is NCCN(C(=O)c1cccc2ncccc12)C1CC1. The van der Waals surface area contributed by atoms with Gasteiger partial charge >= 0.3 is 0 Å². The van der Waals surface area contributed by atoms with E-state index < -0.39 is 0 Å². The van der Waals surface area contributed by atoms with E-state index in [1.165, 1.54) is 0 Å². The Balaban J connectivity index is 2.00. The largest absolute Gasteiger partial charge is 0.334 e. The lowest BCUT2D eigenvalue weighted by atomic mass is 10.1. The zero-order valence-electron chi connectivity index (χ0n) is 10.7. The highest BCUT2D eigenvalue weighted by atomic mass is 16.2. The maximum atomic E-state index is 12.7. The first-order valence-corrected chi connectivity index (χ1v) is 6.66. The highest BCUT2D eigenvalue weighted by Gasteiger charge is 2.32. The Bertz CT molecular complexity index is 602.